The molecule has 0 bridgehead atoms. The van der Waals surface area contributed by atoms with Crippen LogP contribution in [0.3, 0.4) is 0 Å². The number of hydrogen-bond acceptors (Lipinski definition) is 6. The number of carbonyl (C=O) groups excluding carboxylic acids is 1. The van der Waals surface area contributed by atoms with Crippen molar-refractivity contribution in [3.63, 3.8) is 0 Å². The highest BCUT2D eigenvalue weighted by atomic mass is 35.5. The minimum atomic E-state index is -0.121. The highest BCUT2D eigenvalue weighted by Crippen LogP contribution is 2.34. The van der Waals surface area contributed by atoms with E-state index in [9.17, 15) is 9.90 Å². The van der Waals surface area contributed by atoms with Crippen molar-refractivity contribution in [2.75, 3.05) is 18.9 Å². The van der Waals surface area contributed by atoms with Crippen LogP contribution in [0.5, 0.6) is 0 Å². The number of rotatable bonds is 5. The molecule has 0 spiro atoms. The van der Waals surface area contributed by atoms with Gasteiger partial charge in [-0.15, -0.1) is 0 Å². The molecule has 33 heavy (non-hydrogen) atoms. The summed E-state index contributed by atoms with van der Waals surface area (Å²) < 4.78 is 7.75. The molecule has 1 aliphatic heterocycles. The topological polar surface area (TPSA) is 103 Å². The molecule has 1 saturated heterocycles. The highest BCUT2D eigenvalue weighted by Gasteiger charge is 2.28. The van der Waals surface area contributed by atoms with Gasteiger partial charge in [-0.1, -0.05) is 35.9 Å². The fraction of sp³-hybridized carbons (Fsp3) is 0.240. The summed E-state index contributed by atoms with van der Waals surface area (Å²) in [4.78, 5) is 22.0. The Labute approximate surface area is 195 Å². The van der Waals surface area contributed by atoms with E-state index >= 15 is 0 Å². The standard InChI is InChI=1S/C25H23ClN4O3/c26-19-8-5-17(6-9-19)23(32)16-3-1-15(2-4-16)21-22-24(27)28-11-12-30(22)25(29-21)18-7-10-20(13-31)33-14-18/h1-6,8-9,11-12,18,20,31H,7,10,13-14H2,(H2,27,28). The van der Waals surface area contributed by atoms with Crippen LogP contribution in [0.1, 0.15) is 40.5 Å². The van der Waals surface area contributed by atoms with Crippen molar-refractivity contribution in [1.29, 1.82) is 0 Å². The lowest BCUT2D eigenvalue weighted by Gasteiger charge is -2.27. The lowest BCUT2D eigenvalue weighted by Crippen LogP contribution is -2.28. The quantitative estimate of drug-likeness (QED) is 0.432. The van der Waals surface area contributed by atoms with E-state index in [-0.39, 0.29) is 24.4 Å². The molecular weight excluding hydrogens is 440 g/mol. The molecule has 0 amide bonds. The Morgan fingerprint density at radius 3 is 2.45 bits per heavy atom. The average molecular weight is 463 g/mol. The van der Waals surface area contributed by atoms with E-state index in [1.807, 2.05) is 22.7 Å². The van der Waals surface area contributed by atoms with E-state index in [2.05, 4.69) is 4.98 Å². The number of nitrogens with zero attached hydrogens (tertiary/aromatic N) is 3. The molecule has 4 aromatic rings. The summed E-state index contributed by atoms with van der Waals surface area (Å²) in [6.45, 7) is 0.513. The Hall–Kier alpha value is -3.26. The largest absolute Gasteiger partial charge is 0.394 e. The van der Waals surface area contributed by atoms with Crippen LogP contribution in [0.4, 0.5) is 5.82 Å². The first-order chi connectivity index (χ1) is 16.0. The molecule has 2 aromatic carbocycles. The number of halogens is 1. The van der Waals surface area contributed by atoms with Crippen LogP contribution in [0.25, 0.3) is 16.8 Å². The van der Waals surface area contributed by atoms with Crippen molar-refractivity contribution in [3.8, 4) is 11.3 Å². The van der Waals surface area contributed by atoms with Gasteiger partial charge in [0.1, 0.15) is 22.9 Å². The smallest absolute Gasteiger partial charge is 0.193 e. The number of carbonyl (C=O) groups is 1. The molecule has 5 rings (SSSR count). The van der Waals surface area contributed by atoms with Crippen LogP contribution >= 0.6 is 11.6 Å². The van der Waals surface area contributed by atoms with Crippen molar-refractivity contribution < 1.29 is 14.6 Å². The molecule has 1 fully saturated rings. The maximum Gasteiger partial charge on any atom is 0.193 e. The van der Waals surface area contributed by atoms with Gasteiger partial charge < -0.3 is 15.6 Å². The molecule has 3 N–H and O–H groups in total. The lowest BCUT2D eigenvalue weighted by molar-refractivity contribution is -0.0282. The highest BCUT2D eigenvalue weighted by molar-refractivity contribution is 6.30. The summed E-state index contributed by atoms with van der Waals surface area (Å²) in [6.07, 6.45) is 5.03. The Morgan fingerprint density at radius 1 is 1.12 bits per heavy atom. The molecule has 0 saturated carbocycles. The molecule has 2 unspecified atom stereocenters. The summed E-state index contributed by atoms with van der Waals surface area (Å²) >= 11 is 5.93. The molecule has 8 heteroatoms. The third-order valence-corrected chi connectivity index (χ3v) is 6.33. The number of nitrogen functional groups attached to an aromatic ring is 1. The van der Waals surface area contributed by atoms with Gasteiger partial charge in [-0.25, -0.2) is 9.97 Å². The van der Waals surface area contributed by atoms with Crippen LogP contribution in [-0.4, -0.2) is 44.6 Å². The van der Waals surface area contributed by atoms with Crippen LogP contribution < -0.4 is 5.73 Å². The van der Waals surface area contributed by atoms with Gasteiger partial charge >= 0.3 is 0 Å². The fourth-order valence-electron chi connectivity index (χ4n) is 4.28. The number of fused-ring (bicyclic) bond motifs is 1. The van der Waals surface area contributed by atoms with Gasteiger partial charge in [-0.3, -0.25) is 9.20 Å². The molecule has 0 aliphatic carbocycles. The zero-order valence-corrected chi connectivity index (χ0v) is 18.6. The number of benzene rings is 2. The minimum absolute atomic E-state index is 0.0261. The van der Waals surface area contributed by atoms with E-state index in [0.29, 0.717) is 34.3 Å². The van der Waals surface area contributed by atoms with Crippen molar-refractivity contribution in [3.05, 3.63) is 82.9 Å². The fourth-order valence-corrected chi connectivity index (χ4v) is 4.40. The number of ether oxygens (including phenoxy) is 1. The number of hydrogen-bond donors (Lipinski definition) is 2. The number of anilines is 1. The van der Waals surface area contributed by atoms with E-state index in [0.717, 1.165) is 29.7 Å². The number of aromatic nitrogens is 3. The van der Waals surface area contributed by atoms with Gasteiger partial charge in [-0.05, 0) is 37.1 Å². The van der Waals surface area contributed by atoms with Gasteiger partial charge in [0.05, 0.1) is 19.3 Å². The molecule has 2 aromatic heterocycles. The van der Waals surface area contributed by atoms with E-state index < -0.39 is 0 Å². The SMILES string of the molecule is Nc1nccn2c(C3CCC(CO)OC3)nc(-c3ccc(C(=O)c4ccc(Cl)cc4)cc3)c12. The van der Waals surface area contributed by atoms with Crippen LogP contribution in [-0.2, 0) is 4.74 Å². The maximum atomic E-state index is 12.8. The summed E-state index contributed by atoms with van der Waals surface area (Å²) in [7, 11) is 0. The molecule has 3 heterocycles. The number of ketones is 1. The predicted molar refractivity (Wildman–Crippen MR) is 127 cm³/mol. The Kier molecular flexibility index (Phi) is 5.85. The third kappa shape index (κ3) is 4.11. The molecular formula is C25H23ClN4O3. The third-order valence-electron chi connectivity index (χ3n) is 6.08. The van der Waals surface area contributed by atoms with Gasteiger partial charge in [0.15, 0.2) is 5.78 Å². The first-order valence-electron chi connectivity index (χ1n) is 10.8. The van der Waals surface area contributed by atoms with E-state index in [1.165, 1.54) is 0 Å². The summed E-state index contributed by atoms with van der Waals surface area (Å²) in [6, 6.07) is 14.2. The number of nitrogens with two attached hydrogens (primary N) is 1. The second-order valence-corrected chi connectivity index (χ2v) is 8.61. The minimum Gasteiger partial charge on any atom is -0.394 e. The van der Waals surface area contributed by atoms with E-state index in [1.54, 1.807) is 42.6 Å². The molecule has 2 atom stereocenters. The summed E-state index contributed by atoms with van der Waals surface area (Å²) in [5.41, 5.74) is 9.69. The average Bonchev–Trinajstić information content (AvgIpc) is 3.25. The first-order valence-corrected chi connectivity index (χ1v) is 11.2. The Balaban J connectivity index is 1.49. The monoisotopic (exact) mass is 462 g/mol. The van der Waals surface area contributed by atoms with E-state index in [4.69, 9.17) is 27.1 Å². The predicted octanol–water partition coefficient (Wildman–Crippen LogP) is 4.12. The number of aliphatic hydroxyl groups excluding tert-OH is 1. The summed E-state index contributed by atoms with van der Waals surface area (Å²) in [5.74, 6) is 1.25. The summed E-state index contributed by atoms with van der Waals surface area (Å²) in [5, 5.41) is 9.94. The zero-order chi connectivity index (χ0) is 22.9. The Morgan fingerprint density at radius 2 is 1.82 bits per heavy atom. The van der Waals surface area contributed by atoms with Crippen LogP contribution in [0.15, 0.2) is 60.9 Å². The molecule has 0 radical (unpaired) electrons. The van der Waals surface area contributed by atoms with Gasteiger partial charge in [0.2, 0.25) is 0 Å². The van der Waals surface area contributed by atoms with Crippen molar-refractivity contribution in [2.24, 2.45) is 0 Å². The van der Waals surface area contributed by atoms with Crippen molar-refractivity contribution in [2.45, 2.75) is 24.9 Å². The van der Waals surface area contributed by atoms with Gasteiger partial charge in [-0.2, -0.15) is 0 Å². The second-order valence-electron chi connectivity index (χ2n) is 8.18. The van der Waals surface area contributed by atoms with Gasteiger partial charge in [0.25, 0.3) is 0 Å². The first kappa shape index (κ1) is 21.6. The second kappa shape index (κ2) is 8.94. The van der Waals surface area contributed by atoms with Crippen LogP contribution in [0.2, 0.25) is 5.02 Å². The lowest BCUT2D eigenvalue weighted by atomic mass is 9.98. The maximum absolute atomic E-state index is 12.8. The molecule has 168 valence electrons. The normalized spacial score (nSPS) is 18.5. The van der Waals surface area contributed by atoms with Crippen molar-refractivity contribution >= 4 is 28.7 Å². The molecule has 7 nitrogen and oxygen atoms in total. The zero-order valence-electron chi connectivity index (χ0n) is 17.8. The Bertz CT molecular complexity index is 1290. The number of imidazole rings is 1. The van der Waals surface area contributed by atoms with Gasteiger partial charge in [0, 0.05) is 40.0 Å². The molecule has 1 aliphatic rings. The van der Waals surface area contributed by atoms with Crippen LogP contribution in [0, 0.1) is 0 Å². The number of aliphatic hydroxyl groups is 1. The van der Waals surface area contributed by atoms with Crippen molar-refractivity contribution in [1.82, 2.24) is 14.4 Å².